The van der Waals surface area contributed by atoms with Gasteiger partial charge in [-0.25, -0.2) is 4.79 Å². The predicted molar refractivity (Wildman–Crippen MR) is 116 cm³/mol. The molecule has 2 aromatic rings. The number of methoxy groups -OCH3 is 1. The highest BCUT2D eigenvalue weighted by Crippen LogP contribution is 2.20. The van der Waals surface area contributed by atoms with Crippen LogP contribution in [0.25, 0.3) is 0 Å². The molecule has 150 valence electrons. The van der Waals surface area contributed by atoms with Gasteiger partial charge in [0.1, 0.15) is 4.88 Å². The number of likely N-dealkylation sites (tertiary alicyclic amines) is 1. The number of carbonyl (C=O) groups excluding carboxylic acids is 2. The van der Waals surface area contributed by atoms with E-state index in [1.54, 1.807) is 12.1 Å². The molecule has 0 N–H and O–H groups in total. The van der Waals surface area contributed by atoms with Crippen molar-refractivity contribution in [2.45, 2.75) is 25.7 Å². The molecule has 7 heteroatoms. The van der Waals surface area contributed by atoms with Crippen LogP contribution in [0.15, 0.2) is 43.0 Å². The van der Waals surface area contributed by atoms with Gasteiger partial charge < -0.3 is 9.64 Å². The zero-order valence-corrected chi connectivity index (χ0v) is 18.1. The van der Waals surface area contributed by atoms with Gasteiger partial charge in [-0.2, -0.15) is 0 Å². The van der Waals surface area contributed by atoms with E-state index in [4.69, 9.17) is 23.2 Å². The van der Waals surface area contributed by atoms with Crippen molar-refractivity contribution in [3.63, 3.8) is 0 Å². The quantitative estimate of drug-likeness (QED) is 0.445. The monoisotopic (exact) mass is 439 g/mol. The Morgan fingerprint density at radius 1 is 1.29 bits per heavy atom. The molecule has 0 saturated carbocycles. The third-order valence-electron chi connectivity index (χ3n) is 4.16. The van der Waals surface area contributed by atoms with Crippen molar-refractivity contribution in [2.75, 3.05) is 20.2 Å². The molecular weight excluding hydrogens is 417 g/mol. The van der Waals surface area contributed by atoms with E-state index < -0.39 is 0 Å². The number of ether oxygens (including phenoxy) is 1. The molecule has 28 heavy (non-hydrogen) atoms. The average Bonchev–Trinajstić information content (AvgIpc) is 3.28. The van der Waals surface area contributed by atoms with E-state index in [0.717, 1.165) is 42.8 Å². The number of esters is 1. The van der Waals surface area contributed by atoms with Crippen LogP contribution in [-0.4, -0.2) is 37.0 Å². The van der Waals surface area contributed by atoms with Crippen molar-refractivity contribution in [3.05, 3.63) is 68.3 Å². The van der Waals surface area contributed by atoms with Crippen molar-refractivity contribution >= 4 is 46.4 Å². The summed E-state index contributed by atoms with van der Waals surface area (Å²) in [6, 6.07) is 9.20. The van der Waals surface area contributed by atoms with E-state index in [9.17, 15) is 9.59 Å². The number of hydrogen-bond donors (Lipinski definition) is 0. The molecule has 1 amide bonds. The van der Waals surface area contributed by atoms with E-state index in [-0.39, 0.29) is 11.9 Å². The second kappa shape index (κ2) is 11.2. The molecule has 1 saturated heterocycles. The van der Waals surface area contributed by atoms with Crippen molar-refractivity contribution in [1.29, 1.82) is 0 Å². The summed E-state index contributed by atoms with van der Waals surface area (Å²) < 4.78 is 4.57. The lowest BCUT2D eigenvalue weighted by Crippen LogP contribution is -2.26. The van der Waals surface area contributed by atoms with Crippen LogP contribution >= 0.6 is 34.5 Å². The summed E-state index contributed by atoms with van der Waals surface area (Å²) in [6.07, 6.45) is 5.10. The van der Waals surface area contributed by atoms with Crippen LogP contribution in [0.1, 0.15) is 33.0 Å². The summed E-state index contributed by atoms with van der Waals surface area (Å²) in [4.78, 5) is 26.1. The molecule has 0 radical (unpaired) electrons. The molecule has 1 aromatic heterocycles. The van der Waals surface area contributed by atoms with Crippen LogP contribution in [0.2, 0.25) is 10.0 Å². The minimum atomic E-state index is -0.268. The summed E-state index contributed by atoms with van der Waals surface area (Å²) in [5.74, 6) is -0.0107. The zero-order chi connectivity index (χ0) is 20.5. The van der Waals surface area contributed by atoms with Gasteiger partial charge >= 0.3 is 5.97 Å². The second-order valence-corrected chi connectivity index (χ2v) is 8.30. The number of benzene rings is 1. The van der Waals surface area contributed by atoms with Gasteiger partial charge in [0.05, 0.1) is 7.11 Å². The smallest absolute Gasteiger partial charge is 0.348 e. The first-order valence-corrected chi connectivity index (χ1v) is 10.5. The Morgan fingerprint density at radius 2 is 2.00 bits per heavy atom. The van der Waals surface area contributed by atoms with Crippen molar-refractivity contribution < 1.29 is 14.3 Å². The first kappa shape index (κ1) is 22.5. The largest absolute Gasteiger partial charge is 0.465 e. The molecule has 0 unspecified atom stereocenters. The Labute approximate surface area is 179 Å². The Balaban J connectivity index is 0.000000209. The highest BCUT2D eigenvalue weighted by atomic mass is 35.5. The molecule has 2 heterocycles. The lowest BCUT2D eigenvalue weighted by Gasteiger charge is -2.15. The number of hydrogen-bond acceptors (Lipinski definition) is 4. The first-order chi connectivity index (χ1) is 13.4. The maximum absolute atomic E-state index is 11.4. The molecule has 1 aliphatic rings. The van der Waals surface area contributed by atoms with Crippen LogP contribution in [-0.2, 0) is 22.4 Å². The lowest BCUT2D eigenvalue weighted by molar-refractivity contribution is -0.127. The molecule has 1 aromatic carbocycles. The zero-order valence-electron chi connectivity index (χ0n) is 15.7. The number of allylic oxidation sites excluding steroid dienone is 1. The van der Waals surface area contributed by atoms with Crippen molar-refractivity contribution in [2.24, 2.45) is 0 Å². The fraction of sp³-hybridized carbons (Fsp3) is 0.333. The van der Waals surface area contributed by atoms with Crippen molar-refractivity contribution in [3.8, 4) is 0 Å². The number of rotatable bonds is 6. The summed E-state index contributed by atoms with van der Waals surface area (Å²) >= 11 is 13.3. The molecule has 1 aliphatic heterocycles. The van der Waals surface area contributed by atoms with E-state index >= 15 is 0 Å². The summed E-state index contributed by atoms with van der Waals surface area (Å²) in [6.45, 7) is 5.26. The summed E-state index contributed by atoms with van der Waals surface area (Å²) in [5, 5.41) is 1.30. The first-order valence-electron chi connectivity index (χ1n) is 8.93. The maximum Gasteiger partial charge on any atom is 0.348 e. The normalized spacial score (nSPS) is 13.1. The Bertz CT molecular complexity index is 815. The van der Waals surface area contributed by atoms with E-state index in [1.165, 1.54) is 18.4 Å². The Hall–Kier alpha value is -1.82. The average molecular weight is 440 g/mol. The molecule has 3 rings (SSSR count). The minimum Gasteiger partial charge on any atom is -0.465 e. The minimum absolute atomic E-state index is 0.258. The lowest BCUT2D eigenvalue weighted by atomic mass is 10.1. The highest BCUT2D eigenvalue weighted by molar-refractivity contribution is 7.13. The van der Waals surface area contributed by atoms with Crippen LogP contribution in [0.5, 0.6) is 0 Å². The highest BCUT2D eigenvalue weighted by Gasteiger charge is 2.19. The molecular formula is C21H23Cl2NO3S. The van der Waals surface area contributed by atoms with E-state index in [1.807, 2.05) is 29.2 Å². The standard InChI is InChI=1S/C12H13Cl2NO.C9H10O2S/c13-10-6-9(7-11(14)8-10)3-5-15-4-1-2-12(15)16;1-3-4-7-5-6-8(12-7)9(10)11-2/h6-8H,1-5H2;3,5-6H,1,4H2,2H3. The third-order valence-corrected chi connectivity index (χ3v) is 5.68. The Kier molecular flexibility index (Phi) is 9.03. The third kappa shape index (κ3) is 6.97. The molecule has 0 atom stereocenters. The van der Waals surface area contributed by atoms with Crippen LogP contribution in [0, 0.1) is 0 Å². The van der Waals surface area contributed by atoms with Gasteiger partial charge in [-0.05, 0) is 55.2 Å². The number of thiophene rings is 1. The topological polar surface area (TPSA) is 46.6 Å². The van der Waals surface area contributed by atoms with Crippen LogP contribution in [0.4, 0.5) is 0 Å². The SMILES string of the molecule is C=CCc1ccc(C(=O)OC)s1.O=C1CCCN1CCc1cc(Cl)cc(Cl)c1. The van der Waals surface area contributed by atoms with Gasteiger partial charge in [0, 0.05) is 34.4 Å². The number of halogens is 2. The fourth-order valence-electron chi connectivity index (χ4n) is 2.80. The van der Waals surface area contributed by atoms with Gasteiger partial charge in [0.15, 0.2) is 0 Å². The summed E-state index contributed by atoms with van der Waals surface area (Å²) in [7, 11) is 1.38. The molecule has 1 fully saturated rings. The van der Waals surface area contributed by atoms with Gasteiger partial charge in [0.2, 0.25) is 5.91 Å². The fourth-order valence-corrected chi connectivity index (χ4v) is 4.29. The molecule has 0 spiro atoms. The number of carbonyl (C=O) groups is 2. The molecule has 0 aliphatic carbocycles. The predicted octanol–water partition coefficient (Wildman–Crippen LogP) is 5.42. The van der Waals surface area contributed by atoms with Gasteiger partial charge in [-0.15, -0.1) is 17.9 Å². The molecule has 4 nitrogen and oxygen atoms in total. The van der Waals surface area contributed by atoms with E-state index in [2.05, 4.69) is 11.3 Å². The van der Waals surface area contributed by atoms with Crippen LogP contribution in [0.3, 0.4) is 0 Å². The van der Waals surface area contributed by atoms with E-state index in [0.29, 0.717) is 21.3 Å². The molecule has 0 bridgehead atoms. The van der Waals surface area contributed by atoms with Crippen molar-refractivity contribution in [1.82, 2.24) is 4.90 Å². The van der Waals surface area contributed by atoms with Crippen LogP contribution < -0.4 is 0 Å². The van der Waals surface area contributed by atoms with Gasteiger partial charge in [0.25, 0.3) is 0 Å². The maximum atomic E-state index is 11.4. The number of nitrogens with zero attached hydrogens (tertiary/aromatic N) is 1. The second-order valence-electron chi connectivity index (χ2n) is 6.26. The summed E-state index contributed by atoms with van der Waals surface area (Å²) in [5.41, 5.74) is 1.08. The van der Waals surface area contributed by atoms with Gasteiger partial charge in [-0.1, -0.05) is 29.3 Å². The van der Waals surface area contributed by atoms with Gasteiger partial charge in [-0.3, -0.25) is 4.79 Å². The number of amides is 1. The Morgan fingerprint density at radius 3 is 2.57 bits per heavy atom.